The number of anilines is 1. The quantitative estimate of drug-likeness (QED) is 0.476. The standard InChI is InChI=1S/C29H36N4O3/c1-35-27-13-12-24(18-28(27)36-26-9-5-6-10-26)32-15-16-33(29(34)14-11-23-19-30-21-31-23)25(20-32)17-22-7-3-2-4-8-22/h2-4,7-8,12-13,18-19,21,25-26H,5-6,9-11,14-17,20H2,1H3,(H,30,31). The highest BCUT2D eigenvalue weighted by molar-refractivity contribution is 5.77. The Morgan fingerprint density at radius 1 is 1.08 bits per heavy atom. The molecule has 5 rings (SSSR count). The van der Waals surface area contributed by atoms with Gasteiger partial charge in [-0.3, -0.25) is 4.79 Å². The van der Waals surface area contributed by atoms with Crippen molar-refractivity contribution in [3.8, 4) is 11.5 Å². The number of piperazine rings is 1. The van der Waals surface area contributed by atoms with Crippen molar-refractivity contribution in [3.63, 3.8) is 0 Å². The van der Waals surface area contributed by atoms with Gasteiger partial charge in [0.1, 0.15) is 0 Å². The second-order valence-corrected chi connectivity index (χ2v) is 9.81. The molecular formula is C29H36N4O3. The molecule has 0 radical (unpaired) electrons. The van der Waals surface area contributed by atoms with Crippen molar-refractivity contribution in [2.45, 2.75) is 57.1 Å². The van der Waals surface area contributed by atoms with E-state index in [-0.39, 0.29) is 18.1 Å². The fraction of sp³-hybridized carbons (Fsp3) is 0.448. The van der Waals surface area contributed by atoms with Crippen molar-refractivity contribution in [1.82, 2.24) is 14.9 Å². The van der Waals surface area contributed by atoms with Gasteiger partial charge in [0.25, 0.3) is 0 Å². The van der Waals surface area contributed by atoms with Crippen LogP contribution >= 0.6 is 0 Å². The van der Waals surface area contributed by atoms with Gasteiger partial charge in [0.2, 0.25) is 5.91 Å². The Kier molecular flexibility index (Phi) is 7.74. The summed E-state index contributed by atoms with van der Waals surface area (Å²) in [5.41, 5.74) is 3.36. The van der Waals surface area contributed by atoms with Crippen LogP contribution in [0.1, 0.15) is 43.4 Å². The molecule has 1 atom stereocenters. The molecule has 0 spiro atoms. The van der Waals surface area contributed by atoms with Gasteiger partial charge in [-0.25, -0.2) is 4.98 Å². The SMILES string of the molecule is COc1ccc(N2CCN(C(=O)CCc3cnc[nH]3)C(Cc3ccccc3)C2)cc1OC1CCCC1. The van der Waals surface area contributed by atoms with E-state index >= 15 is 0 Å². The first-order chi connectivity index (χ1) is 17.7. The molecule has 1 saturated carbocycles. The average molecular weight is 489 g/mol. The molecule has 1 aromatic heterocycles. The fourth-order valence-electron chi connectivity index (χ4n) is 5.43. The number of rotatable bonds is 9. The Bertz CT molecular complexity index is 1110. The van der Waals surface area contributed by atoms with Crippen molar-refractivity contribution >= 4 is 11.6 Å². The van der Waals surface area contributed by atoms with Crippen LogP contribution in [0.2, 0.25) is 0 Å². The van der Waals surface area contributed by atoms with Gasteiger partial charge in [-0.1, -0.05) is 30.3 Å². The van der Waals surface area contributed by atoms with Crippen molar-refractivity contribution in [3.05, 3.63) is 72.3 Å². The van der Waals surface area contributed by atoms with Crippen molar-refractivity contribution in [2.24, 2.45) is 0 Å². The highest BCUT2D eigenvalue weighted by atomic mass is 16.5. The predicted octanol–water partition coefficient (Wildman–Crippen LogP) is 4.63. The van der Waals surface area contributed by atoms with Gasteiger partial charge in [-0.15, -0.1) is 0 Å². The molecule has 2 fully saturated rings. The number of carbonyl (C=O) groups is 1. The number of hydrogen-bond acceptors (Lipinski definition) is 5. The second kappa shape index (κ2) is 11.5. The van der Waals surface area contributed by atoms with Gasteiger partial charge >= 0.3 is 0 Å². The number of nitrogens with zero attached hydrogens (tertiary/aromatic N) is 3. The molecule has 1 saturated heterocycles. The molecule has 1 aliphatic carbocycles. The number of ether oxygens (including phenoxy) is 2. The lowest BCUT2D eigenvalue weighted by atomic mass is 10.0. The summed E-state index contributed by atoms with van der Waals surface area (Å²) < 4.78 is 12.0. The first-order valence-corrected chi connectivity index (χ1v) is 13.1. The highest BCUT2D eigenvalue weighted by Crippen LogP contribution is 2.36. The lowest BCUT2D eigenvalue weighted by molar-refractivity contribution is -0.133. The Labute approximate surface area is 213 Å². The number of imidazole rings is 1. The van der Waals surface area contributed by atoms with E-state index in [1.165, 1.54) is 18.4 Å². The fourth-order valence-corrected chi connectivity index (χ4v) is 5.43. The third kappa shape index (κ3) is 5.83. The number of aromatic amines is 1. The zero-order valence-electron chi connectivity index (χ0n) is 21.1. The van der Waals surface area contributed by atoms with E-state index in [1.807, 2.05) is 12.1 Å². The van der Waals surface area contributed by atoms with Crippen LogP contribution in [0.25, 0.3) is 0 Å². The highest BCUT2D eigenvalue weighted by Gasteiger charge is 2.31. The molecular weight excluding hydrogens is 452 g/mol. The number of aromatic nitrogens is 2. The van der Waals surface area contributed by atoms with Gasteiger partial charge in [0, 0.05) is 49.7 Å². The number of methoxy groups -OCH3 is 1. The van der Waals surface area contributed by atoms with Crippen molar-refractivity contribution < 1.29 is 14.3 Å². The lowest BCUT2D eigenvalue weighted by Gasteiger charge is -2.43. The molecule has 36 heavy (non-hydrogen) atoms. The molecule has 1 unspecified atom stereocenters. The summed E-state index contributed by atoms with van der Waals surface area (Å²) in [6.07, 6.45) is 10.4. The van der Waals surface area contributed by atoms with Crippen LogP contribution in [0.4, 0.5) is 5.69 Å². The number of hydrogen-bond donors (Lipinski definition) is 1. The van der Waals surface area contributed by atoms with E-state index < -0.39 is 0 Å². The minimum Gasteiger partial charge on any atom is -0.493 e. The van der Waals surface area contributed by atoms with Crippen LogP contribution in [0, 0.1) is 0 Å². The van der Waals surface area contributed by atoms with E-state index in [0.717, 1.165) is 55.2 Å². The Balaban J connectivity index is 1.32. The first kappa shape index (κ1) is 24.2. The largest absolute Gasteiger partial charge is 0.493 e. The summed E-state index contributed by atoms with van der Waals surface area (Å²) in [7, 11) is 1.69. The van der Waals surface area contributed by atoms with Crippen LogP contribution in [0.5, 0.6) is 11.5 Å². The van der Waals surface area contributed by atoms with Crippen LogP contribution in [-0.4, -0.2) is 59.7 Å². The smallest absolute Gasteiger partial charge is 0.223 e. The molecule has 190 valence electrons. The number of aryl methyl sites for hydroxylation is 1. The maximum Gasteiger partial charge on any atom is 0.223 e. The Morgan fingerprint density at radius 3 is 2.67 bits per heavy atom. The molecule has 1 N–H and O–H groups in total. The monoisotopic (exact) mass is 488 g/mol. The number of H-pyrrole nitrogens is 1. The topological polar surface area (TPSA) is 70.7 Å². The Morgan fingerprint density at radius 2 is 1.92 bits per heavy atom. The first-order valence-electron chi connectivity index (χ1n) is 13.1. The van der Waals surface area contributed by atoms with E-state index in [9.17, 15) is 4.79 Å². The van der Waals surface area contributed by atoms with E-state index in [2.05, 4.69) is 56.2 Å². The Hall–Kier alpha value is -3.48. The molecule has 7 nitrogen and oxygen atoms in total. The average Bonchev–Trinajstić information content (AvgIpc) is 3.62. The van der Waals surface area contributed by atoms with Gasteiger partial charge in [0.15, 0.2) is 11.5 Å². The number of benzene rings is 2. The number of amides is 1. The predicted molar refractivity (Wildman–Crippen MR) is 141 cm³/mol. The lowest BCUT2D eigenvalue weighted by Crippen LogP contribution is -2.56. The molecule has 1 aliphatic heterocycles. The van der Waals surface area contributed by atoms with Crippen molar-refractivity contribution in [2.75, 3.05) is 31.6 Å². The molecule has 2 heterocycles. The van der Waals surface area contributed by atoms with Crippen LogP contribution in [-0.2, 0) is 17.6 Å². The van der Waals surface area contributed by atoms with Crippen LogP contribution in [0.15, 0.2) is 61.1 Å². The van der Waals surface area contributed by atoms with E-state index in [0.29, 0.717) is 19.4 Å². The minimum atomic E-state index is 0.0942. The van der Waals surface area contributed by atoms with E-state index in [4.69, 9.17) is 9.47 Å². The van der Waals surface area contributed by atoms with E-state index in [1.54, 1.807) is 19.6 Å². The summed E-state index contributed by atoms with van der Waals surface area (Å²) in [5.74, 6) is 1.80. The van der Waals surface area contributed by atoms with Crippen molar-refractivity contribution in [1.29, 1.82) is 0 Å². The summed E-state index contributed by atoms with van der Waals surface area (Å²) in [4.78, 5) is 24.9. The van der Waals surface area contributed by atoms with Gasteiger partial charge in [0.05, 0.1) is 25.6 Å². The summed E-state index contributed by atoms with van der Waals surface area (Å²) >= 11 is 0. The second-order valence-electron chi connectivity index (χ2n) is 9.81. The number of nitrogens with one attached hydrogen (secondary N) is 1. The zero-order chi connectivity index (χ0) is 24.7. The zero-order valence-corrected chi connectivity index (χ0v) is 21.1. The van der Waals surface area contributed by atoms with Gasteiger partial charge in [-0.2, -0.15) is 0 Å². The maximum absolute atomic E-state index is 13.3. The summed E-state index contributed by atoms with van der Waals surface area (Å²) in [6, 6.07) is 16.8. The molecule has 1 amide bonds. The molecule has 7 heteroatoms. The molecule has 2 aromatic carbocycles. The van der Waals surface area contributed by atoms with Gasteiger partial charge in [-0.05, 0) is 56.2 Å². The minimum absolute atomic E-state index is 0.0942. The molecule has 0 bridgehead atoms. The number of carbonyl (C=O) groups excluding carboxylic acids is 1. The third-order valence-electron chi connectivity index (χ3n) is 7.39. The normalized spacial score (nSPS) is 18.4. The maximum atomic E-state index is 13.3. The van der Waals surface area contributed by atoms with Crippen LogP contribution < -0.4 is 14.4 Å². The molecule has 2 aliphatic rings. The molecule has 3 aromatic rings. The van der Waals surface area contributed by atoms with Crippen LogP contribution in [0.3, 0.4) is 0 Å². The summed E-state index contributed by atoms with van der Waals surface area (Å²) in [5, 5.41) is 0. The third-order valence-corrected chi connectivity index (χ3v) is 7.39. The summed E-state index contributed by atoms with van der Waals surface area (Å²) in [6.45, 7) is 2.26. The van der Waals surface area contributed by atoms with Gasteiger partial charge < -0.3 is 24.3 Å².